The van der Waals surface area contributed by atoms with Gasteiger partial charge in [-0.1, -0.05) is 90.0 Å². The summed E-state index contributed by atoms with van der Waals surface area (Å²) in [6, 6.07) is 11.2. The van der Waals surface area contributed by atoms with E-state index >= 15 is 0 Å². The van der Waals surface area contributed by atoms with E-state index in [9.17, 15) is 0 Å². The van der Waals surface area contributed by atoms with Crippen molar-refractivity contribution in [2.24, 2.45) is 17.8 Å². The van der Waals surface area contributed by atoms with E-state index in [-0.39, 0.29) is 0 Å². The van der Waals surface area contributed by atoms with Gasteiger partial charge in [-0.3, -0.25) is 0 Å². The molecule has 1 aliphatic carbocycles. The summed E-state index contributed by atoms with van der Waals surface area (Å²) < 4.78 is 6.35. The van der Waals surface area contributed by atoms with E-state index in [2.05, 4.69) is 58.0 Å². The maximum Gasteiger partial charge on any atom is 0.127 e. The molecule has 0 radical (unpaired) electrons. The molecule has 0 spiro atoms. The Balaban J connectivity index is 1.67. The number of hydrogen-bond acceptors (Lipinski definition) is 1. The molecule has 1 saturated carbocycles. The minimum atomic E-state index is 0.814. The van der Waals surface area contributed by atoms with E-state index in [1.807, 2.05) is 0 Å². The number of aryl methyl sites for hydroxylation is 2. The monoisotopic (exact) mass is 394 g/mol. The normalized spacial score (nSPS) is 17.4. The Hall–Kier alpha value is -1.50. The molecule has 3 rings (SSSR count). The zero-order valence-electron chi connectivity index (χ0n) is 19.3. The van der Waals surface area contributed by atoms with E-state index in [0.717, 1.165) is 30.1 Å². The third-order valence-corrected chi connectivity index (χ3v) is 7.55. The highest BCUT2D eigenvalue weighted by Crippen LogP contribution is 2.34. The molecular weight excluding hydrogens is 352 g/mol. The number of rotatable bonds is 10. The van der Waals surface area contributed by atoms with Crippen LogP contribution < -0.4 is 4.74 Å². The molecule has 1 fully saturated rings. The number of fused-ring (bicyclic) bond motifs is 1. The second-order valence-electron chi connectivity index (χ2n) is 9.61. The van der Waals surface area contributed by atoms with Gasteiger partial charge in [0.25, 0.3) is 0 Å². The molecule has 29 heavy (non-hydrogen) atoms. The van der Waals surface area contributed by atoms with Gasteiger partial charge in [0, 0.05) is 5.39 Å². The van der Waals surface area contributed by atoms with Gasteiger partial charge in [0.2, 0.25) is 0 Å². The van der Waals surface area contributed by atoms with Crippen LogP contribution in [-0.2, 0) is 6.42 Å². The van der Waals surface area contributed by atoms with Gasteiger partial charge in [0.1, 0.15) is 5.75 Å². The fraction of sp³-hybridized carbons (Fsp3) is 0.643. The van der Waals surface area contributed by atoms with Crippen molar-refractivity contribution in [3.05, 3.63) is 41.5 Å². The minimum absolute atomic E-state index is 0.814. The number of benzene rings is 2. The molecule has 1 nitrogen and oxygen atoms in total. The van der Waals surface area contributed by atoms with Crippen LogP contribution in [0.1, 0.15) is 89.7 Å². The van der Waals surface area contributed by atoms with Crippen LogP contribution in [-0.4, -0.2) is 6.61 Å². The van der Waals surface area contributed by atoms with E-state index in [0.29, 0.717) is 0 Å². The van der Waals surface area contributed by atoms with Crippen LogP contribution in [0, 0.1) is 24.7 Å². The lowest BCUT2D eigenvalue weighted by atomic mass is 9.87. The molecular formula is C28H42O. The van der Waals surface area contributed by atoms with Crippen LogP contribution in [0.3, 0.4) is 0 Å². The molecule has 160 valence electrons. The van der Waals surface area contributed by atoms with Crippen molar-refractivity contribution in [3.8, 4) is 5.75 Å². The molecule has 1 aliphatic rings. The summed E-state index contributed by atoms with van der Waals surface area (Å²) in [5, 5.41) is 2.70. The van der Waals surface area contributed by atoms with Crippen molar-refractivity contribution < 1.29 is 4.74 Å². The minimum Gasteiger partial charge on any atom is -0.493 e. The highest BCUT2D eigenvalue weighted by Gasteiger charge is 2.15. The molecule has 2 atom stereocenters. The average Bonchev–Trinajstić information content (AvgIpc) is 2.75. The van der Waals surface area contributed by atoms with Gasteiger partial charge < -0.3 is 4.74 Å². The van der Waals surface area contributed by atoms with Crippen molar-refractivity contribution in [2.75, 3.05) is 6.61 Å². The summed E-state index contributed by atoms with van der Waals surface area (Å²) >= 11 is 0. The third kappa shape index (κ3) is 6.00. The molecule has 0 aliphatic heterocycles. The fourth-order valence-electron chi connectivity index (χ4n) is 5.09. The van der Waals surface area contributed by atoms with Crippen molar-refractivity contribution in [1.82, 2.24) is 0 Å². The van der Waals surface area contributed by atoms with Crippen molar-refractivity contribution >= 4 is 10.8 Å². The van der Waals surface area contributed by atoms with Crippen molar-refractivity contribution in [1.29, 1.82) is 0 Å². The molecule has 2 unspecified atom stereocenters. The first-order valence-electron chi connectivity index (χ1n) is 12.2. The molecule has 0 saturated heterocycles. The van der Waals surface area contributed by atoms with Crippen LogP contribution in [0.4, 0.5) is 0 Å². The fourth-order valence-corrected chi connectivity index (χ4v) is 5.09. The van der Waals surface area contributed by atoms with E-state index < -0.39 is 0 Å². The summed E-state index contributed by atoms with van der Waals surface area (Å²) in [7, 11) is 0. The van der Waals surface area contributed by atoms with Crippen LogP contribution in [0.5, 0.6) is 5.75 Å². The molecule has 0 N–H and O–H groups in total. The van der Waals surface area contributed by atoms with Gasteiger partial charge >= 0.3 is 0 Å². The Morgan fingerprint density at radius 3 is 2.45 bits per heavy atom. The van der Waals surface area contributed by atoms with Crippen LogP contribution in [0.2, 0.25) is 0 Å². The third-order valence-electron chi connectivity index (χ3n) is 7.55. The first-order valence-corrected chi connectivity index (χ1v) is 12.2. The van der Waals surface area contributed by atoms with Gasteiger partial charge in [-0.05, 0) is 66.5 Å². The lowest BCUT2D eigenvalue weighted by molar-refractivity contribution is 0.248. The summed E-state index contributed by atoms with van der Waals surface area (Å²) in [6.45, 7) is 10.3. The van der Waals surface area contributed by atoms with Gasteiger partial charge in [-0.15, -0.1) is 0 Å². The lowest BCUT2D eigenvalue weighted by Crippen LogP contribution is -2.11. The van der Waals surface area contributed by atoms with Crippen molar-refractivity contribution in [2.45, 2.75) is 91.9 Å². The zero-order chi connectivity index (χ0) is 20.6. The Morgan fingerprint density at radius 2 is 1.72 bits per heavy atom. The lowest BCUT2D eigenvalue weighted by Gasteiger charge is -2.22. The van der Waals surface area contributed by atoms with E-state index in [4.69, 9.17) is 4.74 Å². The number of ether oxygens (including phenoxy) is 1. The number of hydrogen-bond donors (Lipinski definition) is 0. The highest BCUT2D eigenvalue weighted by atomic mass is 16.5. The average molecular weight is 395 g/mol. The predicted octanol–water partition coefficient (Wildman–Crippen LogP) is 8.50. The topological polar surface area (TPSA) is 9.23 Å². The molecule has 2 aromatic carbocycles. The van der Waals surface area contributed by atoms with Crippen molar-refractivity contribution in [3.63, 3.8) is 0 Å². The standard InChI is InChI=1S/C28H42O/c1-5-21(2)22(3)12-11-17-25-23(4)20-28(27-16-10-9-15-26(25)27)29-19-18-24-13-7-6-8-14-24/h9-10,15-16,20-22,24H,5-8,11-14,17-19H2,1-4H3. The van der Waals surface area contributed by atoms with E-state index in [1.165, 1.54) is 86.1 Å². The Morgan fingerprint density at radius 1 is 1.00 bits per heavy atom. The maximum absolute atomic E-state index is 6.35. The van der Waals surface area contributed by atoms with Crippen LogP contribution in [0.25, 0.3) is 10.8 Å². The van der Waals surface area contributed by atoms with Gasteiger partial charge in [-0.25, -0.2) is 0 Å². The Bertz CT molecular complexity index is 756. The molecule has 2 aromatic rings. The van der Waals surface area contributed by atoms with E-state index in [1.54, 1.807) is 0 Å². The Labute approximate surface area is 179 Å². The summed E-state index contributed by atoms with van der Waals surface area (Å²) in [5.41, 5.74) is 2.92. The largest absolute Gasteiger partial charge is 0.493 e. The second-order valence-corrected chi connectivity index (χ2v) is 9.61. The highest BCUT2D eigenvalue weighted by molar-refractivity contribution is 5.92. The zero-order valence-corrected chi connectivity index (χ0v) is 19.3. The SMILES string of the molecule is CCC(C)C(C)CCCc1c(C)cc(OCCC2CCCCC2)c2ccccc12. The summed E-state index contributed by atoms with van der Waals surface area (Å²) in [5.74, 6) is 3.61. The van der Waals surface area contributed by atoms with Crippen LogP contribution in [0.15, 0.2) is 30.3 Å². The Kier molecular flexibility index (Phi) is 8.45. The molecule has 0 amide bonds. The molecule has 0 aromatic heterocycles. The molecule has 0 heterocycles. The second kappa shape index (κ2) is 11.0. The first-order chi connectivity index (χ1) is 14.1. The quantitative estimate of drug-likeness (QED) is 0.392. The molecule has 1 heteroatoms. The van der Waals surface area contributed by atoms with Crippen LogP contribution >= 0.6 is 0 Å². The summed E-state index contributed by atoms with van der Waals surface area (Å²) in [4.78, 5) is 0. The van der Waals surface area contributed by atoms with Gasteiger partial charge in [-0.2, -0.15) is 0 Å². The summed E-state index contributed by atoms with van der Waals surface area (Å²) in [6.07, 6.45) is 13.3. The smallest absolute Gasteiger partial charge is 0.127 e. The molecule has 0 bridgehead atoms. The first kappa shape index (κ1) is 22.2. The maximum atomic E-state index is 6.35. The van der Waals surface area contributed by atoms with Gasteiger partial charge in [0.15, 0.2) is 0 Å². The predicted molar refractivity (Wildman–Crippen MR) is 127 cm³/mol. The van der Waals surface area contributed by atoms with Gasteiger partial charge in [0.05, 0.1) is 6.61 Å².